The van der Waals surface area contributed by atoms with Crippen molar-refractivity contribution >= 4 is 5.91 Å². The molecular formula is C25H28FN3O4. The van der Waals surface area contributed by atoms with E-state index in [1.807, 2.05) is 31.2 Å². The molecule has 8 heteroatoms. The van der Waals surface area contributed by atoms with Gasteiger partial charge in [0, 0.05) is 25.1 Å². The van der Waals surface area contributed by atoms with Crippen molar-refractivity contribution in [2.75, 3.05) is 20.3 Å². The van der Waals surface area contributed by atoms with Gasteiger partial charge in [0.05, 0.1) is 24.6 Å². The van der Waals surface area contributed by atoms with Crippen LogP contribution in [0.5, 0.6) is 17.4 Å². The molecule has 1 aliphatic heterocycles. The van der Waals surface area contributed by atoms with Crippen LogP contribution in [0.1, 0.15) is 30.5 Å². The molecule has 1 unspecified atom stereocenters. The van der Waals surface area contributed by atoms with E-state index in [9.17, 15) is 9.18 Å². The molecule has 1 fully saturated rings. The van der Waals surface area contributed by atoms with Crippen molar-refractivity contribution in [1.29, 1.82) is 0 Å². The highest BCUT2D eigenvalue weighted by molar-refractivity contribution is 5.76. The predicted molar refractivity (Wildman–Crippen MR) is 122 cm³/mol. The molecule has 3 aromatic rings. The number of ether oxygens (including phenoxy) is 3. The number of rotatable bonds is 9. The quantitative estimate of drug-likeness (QED) is 0.522. The van der Waals surface area contributed by atoms with E-state index in [-0.39, 0.29) is 24.2 Å². The van der Waals surface area contributed by atoms with Gasteiger partial charge in [-0.15, -0.1) is 0 Å². The Kier molecular flexibility index (Phi) is 7.24. The number of para-hydroxylation sites is 1. The van der Waals surface area contributed by atoms with E-state index in [0.717, 1.165) is 30.7 Å². The number of hydrogen-bond acceptors (Lipinski definition) is 5. The second-order valence-corrected chi connectivity index (χ2v) is 7.95. The van der Waals surface area contributed by atoms with E-state index in [1.54, 1.807) is 30.0 Å². The summed E-state index contributed by atoms with van der Waals surface area (Å²) in [6, 6.07) is 13.5. The van der Waals surface area contributed by atoms with E-state index < -0.39 is 5.82 Å². The maximum absolute atomic E-state index is 14.4. The van der Waals surface area contributed by atoms with Crippen LogP contribution in [0, 0.1) is 12.7 Å². The zero-order valence-corrected chi connectivity index (χ0v) is 18.8. The van der Waals surface area contributed by atoms with Crippen molar-refractivity contribution in [3.05, 3.63) is 65.6 Å². The number of hydrogen-bond donors (Lipinski definition) is 1. The molecule has 0 radical (unpaired) electrons. The molecule has 4 rings (SSSR count). The molecule has 0 bridgehead atoms. The second kappa shape index (κ2) is 10.5. The lowest BCUT2D eigenvalue weighted by molar-refractivity contribution is -0.121. The third kappa shape index (κ3) is 5.51. The summed E-state index contributed by atoms with van der Waals surface area (Å²) in [5, 5.41) is 7.56. The van der Waals surface area contributed by atoms with Gasteiger partial charge < -0.3 is 19.5 Å². The first-order valence-electron chi connectivity index (χ1n) is 11.1. The molecule has 1 aromatic heterocycles. The fraction of sp³-hybridized carbons (Fsp3) is 0.360. The number of nitrogens with one attached hydrogen (secondary N) is 1. The molecule has 7 nitrogen and oxygen atoms in total. The summed E-state index contributed by atoms with van der Waals surface area (Å²) >= 11 is 0. The van der Waals surface area contributed by atoms with Gasteiger partial charge in [-0.3, -0.25) is 4.79 Å². The summed E-state index contributed by atoms with van der Waals surface area (Å²) in [6.07, 6.45) is 2.75. The minimum atomic E-state index is -0.474. The average Bonchev–Trinajstić information content (AvgIpc) is 3.46. The summed E-state index contributed by atoms with van der Waals surface area (Å²) in [6.45, 7) is 3.12. The summed E-state index contributed by atoms with van der Waals surface area (Å²) in [5.41, 5.74) is 2.20. The Morgan fingerprint density at radius 1 is 1.24 bits per heavy atom. The molecule has 1 saturated heterocycles. The van der Waals surface area contributed by atoms with Gasteiger partial charge in [-0.1, -0.05) is 12.1 Å². The summed E-state index contributed by atoms with van der Waals surface area (Å²) < 4.78 is 32.8. The van der Waals surface area contributed by atoms with Crippen LogP contribution in [0.15, 0.2) is 48.5 Å². The zero-order valence-electron chi connectivity index (χ0n) is 18.8. The maximum Gasteiger partial charge on any atom is 0.226 e. The lowest BCUT2D eigenvalue weighted by Crippen LogP contribution is -2.31. The van der Waals surface area contributed by atoms with Gasteiger partial charge in [0.25, 0.3) is 0 Å². The van der Waals surface area contributed by atoms with Crippen molar-refractivity contribution in [2.45, 2.75) is 38.7 Å². The summed E-state index contributed by atoms with van der Waals surface area (Å²) in [4.78, 5) is 12.4. The third-order valence-corrected chi connectivity index (χ3v) is 5.65. The topological polar surface area (TPSA) is 74.6 Å². The molecule has 1 amide bonds. The van der Waals surface area contributed by atoms with Crippen molar-refractivity contribution < 1.29 is 23.4 Å². The van der Waals surface area contributed by atoms with E-state index in [2.05, 4.69) is 10.4 Å². The van der Waals surface area contributed by atoms with Crippen molar-refractivity contribution in [3.63, 3.8) is 0 Å². The number of nitrogens with zero attached hydrogens (tertiary/aromatic N) is 2. The first-order chi connectivity index (χ1) is 16.0. The number of carbonyl (C=O) groups excluding carboxylic acids is 1. The molecule has 0 spiro atoms. The lowest BCUT2D eigenvalue weighted by Gasteiger charge is -2.13. The Hall–Kier alpha value is -3.39. The van der Waals surface area contributed by atoms with E-state index in [0.29, 0.717) is 30.3 Å². The monoisotopic (exact) mass is 453 g/mol. The van der Waals surface area contributed by atoms with Crippen LogP contribution in [0.4, 0.5) is 4.39 Å². The van der Waals surface area contributed by atoms with Gasteiger partial charge in [0.15, 0.2) is 11.6 Å². The molecular weight excluding hydrogens is 425 g/mol. The van der Waals surface area contributed by atoms with Crippen molar-refractivity contribution in [1.82, 2.24) is 15.1 Å². The second-order valence-electron chi connectivity index (χ2n) is 7.95. The normalized spacial score (nSPS) is 15.4. The van der Waals surface area contributed by atoms with E-state index in [4.69, 9.17) is 14.2 Å². The van der Waals surface area contributed by atoms with Crippen LogP contribution in [0.25, 0.3) is 5.69 Å². The first-order valence-corrected chi connectivity index (χ1v) is 11.1. The number of carbonyl (C=O) groups is 1. The molecule has 1 aliphatic rings. The van der Waals surface area contributed by atoms with Crippen LogP contribution in [-0.4, -0.2) is 42.1 Å². The lowest BCUT2D eigenvalue weighted by atomic mass is 10.1. The molecule has 2 heterocycles. The highest BCUT2D eigenvalue weighted by Gasteiger charge is 2.22. The van der Waals surface area contributed by atoms with Gasteiger partial charge in [-0.2, -0.15) is 5.10 Å². The largest absolute Gasteiger partial charge is 0.497 e. The fourth-order valence-electron chi connectivity index (χ4n) is 3.82. The number of methoxy groups -OCH3 is 1. The number of aryl methyl sites for hydroxylation is 1. The number of benzene rings is 2. The van der Waals surface area contributed by atoms with Crippen LogP contribution in [0.3, 0.4) is 0 Å². The Labute approximate surface area is 192 Å². The molecule has 33 heavy (non-hydrogen) atoms. The van der Waals surface area contributed by atoms with Gasteiger partial charge in [0.1, 0.15) is 5.75 Å². The van der Waals surface area contributed by atoms with Crippen LogP contribution in [0.2, 0.25) is 0 Å². The summed E-state index contributed by atoms with van der Waals surface area (Å²) in [5.74, 6) is 0.644. The Morgan fingerprint density at radius 2 is 2.03 bits per heavy atom. The maximum atomic E-state index is 14.4. The van der Waals surface area contributed by atoms with Gasteiger partial charge in [-0.05, 0) is 62.6 Å². The fourth-order valence-corrected chi connectivity index (χ4v) is 3.82. The Morgan fingerprint density at radius 3 is 2.73 bits per heavy atom. The van der Waals surface area contributed by atoms with Crippen molar-refractivity contribution in [2.24, 2.45) is 0 Å². The zero-order chi connectivity index (χ0) is 23.2. The third-order valence-electron chi connectivity index (χ3n) is 5.65. The standard InChI is InChI=1S/C25H28FN3O4/c1-17-21(13-14-24(30)27-16-20-6-5-15-32-20)25(33-23-8-4-3-7-22(23)26)29(28-17)18-9-11-19(31-2)12-10-18/h3-4,7-12,20H,5-6,13-16H2,1-2H3,(H,27,30). The van der Waals surface area contributed by atoms with Crippen LogP contribution >= 0.6 is 0 Å². The molecule has 0 saturated carbocycles. The van der Waals surface area contributed by atoms with Gasteiger partial charge in [-0.25, -0.2) is 9.07 Å². The molecule has 174 valence electrons. The predicted octanol–water partition coefficient (Wildman–Crippen LogP) is 4.35. The Bertz CT molecular complexity index is 1090. The molecule has 2 aromatic carbocycles. The van der Waals surface area contributed by atoms with Gasteiger partial charge in [0.2, 0.25) is 11.8 Å². The molecule has 1 atom stereocenters. The number of amides is 1. The van der Waals surface area contributed by atoms with E-state index >= 15 is 0 Å². The van der Waals surface area contributed by atoms with E-state index in [1.165, 1.54) is 6.07 Å². The highest BCUT2D eigenvalue weighted by Crippen LogP contribution is 2.33. The van der Waals surface area contributed by atoms with Crippen LogP contribution < -0.4 is 14.8 Å². The molecule has 0 aliphatic carbocycles. The SMILES string of the molecule is COc1ccc(-n2nc(C)c(CCC(=O)NCC3CCCO3)c2Oc2ccccc2F)cc1. The number of halogens is 1. The first kappa shape index (κ1) is 22.8. The average molecular weight is 454 g/mol. The Balaban J connectivity index is 1.57. The minimum Gasteiger partial charge on any atom is -0.497 e. The summed E-state index contributed by atoms with van der Waals surface area (Å²) in [7, 11) is 1.60. The minimum absolute atomic E-state index is 0.0704. The van der Waals surface area contributed by atoms with Crippen molar-refractivity contribution in [3.8, 4) is 23.1 Å². The number of aromatic nitrogens is 2. The van der Waals surface area contributed by atoms with Gasteiger partial charge >= 0.3 is 0 Å². The van der Waals surface area contributed by atoms with Crippen LogP contribution in [-0.2, 0) is 16.0 Å². The molecule has 1 N–H and O–H groups in total. The highest BCUT2D eigenvalue weighted by atomic mass is 19.1. The smallest absolute Gasteiger partial charge is 0.226 e.